The van der Waals surface area contributed by atoms with E-state index in [0.29, 0.717) is 5.25 Å². The summed E-state index contributed by atoms with van der Waals surface area (Å²) in [7, 11) is 1.71. The minimum absolute atomic E-state index is 0.360. The van der Waals surface area contributed by atoms with E-state index in [1.54, 1.807) is 7.11 Å². The van der Waals surface area contributed by atoms with Gasteiger partial charge in [-0.3, -0.25) is 9.97 Å². The first-order valence-electron chi connectivity index (χ1n) is 6.22. The van der Waals surface area contributed by atoms with Gasteiger partial charge in [0.15, 0.2) is 0 Å². The predicted octanol–water partition coefficient (Wildman–Crippen LogP) is 3.79. The maximum absolute atomic E-state index is 5.39. The third kappa shape index (κ3) is 3.70. The van der Waals surface area contributed by atoms with E-state index in [-0.39, 0.29) is 0 Å². The van der Waals surface area contributed by atoms with Crippen molar-refractivity contribution in [2.45, 2.75) is 24.9 Å². The number of aryl methyl sites for hydroxylation is 1. The molecule has 0 bridgehead atoms. The second kappa shape index (κ2) is 6.57. The average molecular weight is 274 g/mol. The molecule has 1 heterocycles. The standard InChI is InChI=1S/C15H18N2OS/c1-11-8-17-13(9-16-11)10-19-12(2)14-6-4-5-7-15(14)18-3/h4-9,12H,10H2,1-3H3/t12-/m0/s1. The molecule has 4 heteroatoms. The Kier molecular flexibility index (Phi) is 4.80. The summed E-state index contributed by atoms with van der Waals surface area (Å²) >= 11 is 1.84. The predicted molar refractivity (Wildman–Crippen MR) is 79.5 cm³/mol. The van der Waals surface area contributed by atoms with Crippen molar-refractivity contribution in [2.24, 2.45) is 0 Å². The third-order valence-electron chi connectivity index (χ3n) is 2.89. The Bertz CT molecular complexity index is 528. The Labute approximate surface area is 118 Å². The van der Waals surface area contributed by atoms with Crippen LogP contribution in [0.15, 0.2) is 36.7 Å². The Balaban J connectivity index is 2.01. The SMILES string of the molecule is COc1ccccc1[C@H](C)SCc1cnc(C)cn1. The van der Waals surface area contributed by atoms with E-state index in [9.17, 15) is 0 Å². The number of hydrogen-bond acceptors (Lipinski definition) is 4. The summed E-state index contributed by atoms with van der Waals surface area (Å²) in [5.74, 6) is 1.80. The van der Waals surface area contributed by atoms with Gasteiger partial charge >= 0.3 is 0 Å². The van der Waals surface area contributed by atoms with E-state index >= 15 is 0 Å². The number of aromatic nitrogens is 2. The maximum atomic E-state index is 5.39. The molecule has 100 valence electrons. The number of para-hydroxylation sites is 1. The number of methoxy groups -OCH3 is 1. The lowest BCUT2D eigenvalue weighted by Crippen LogP contribution is -1.96. The van der Waals surface area contributed by atoms with Gasteiger partial charge in [-0.15, -0.1) is 11.8 Å². The molecule has 1 aromatic carbocycles. The van der Waals surface area contributed by atoms with Crippen molar-refractivity contribution < 1.29 is 4.74 Å². The molecule has 2 aromatic rings. The van der Waals surface area contributed by atoms with Crippen LogP contribution in [-0.2, 0) is 5.75 Å². The number of benzene rings is 1. The van der Waals surface area contributed by atoms with Gasteiger partial charge in [-0.25, -0.2) is 0 Å². The van der Waals surface area contributed by atoms with Crippen molar-refractivity contribution in [1.29, 1.82) is 0 Å². The molecule has 19 heavy (non-hydrogen) atoms. The molecular formula is C15H18N2OS. The quantitative estimate of drug-likeness (QED) is 0.831. The molecule has 0 saturated carbocycles. The summed E-state index contributed by atoms with van der Waals surface area (Å²) in [6.07, 6.45) is 3.65. The van der Waals surface area contributed by atoms with Crippen LogP contribution in [-0.4, -0.2) is 17.1 Å². The van der Waals surface area contributed by atoms with Gasteiger partial charge in [-0.05, 0) is 19.9 Å². The van der Waals surface area contributed by atoms with Crippen LogP contribution < -0.4 is 4.74 Å². The van der Waals surface area contributed by atoms with Crippen LogP contribution in [0.5, 0.6) is 5.75 Å². The summed E-state index contributed by atoms with van der Waals surface area (Å²) < 4.78 is 5.39. The smallest absolute Gasteiger partial charge is 0.123 e. The van der Waals surface area contributed by atoms with Gasteiger partial charge in [-0.2, -0.15) is 0 Å². The van der Waals surface area contributed by atoms with Gasteiger partial charge in [0.2, 0.25) is 0 Å². The van der Waals surface area contributed by atoms with Gasteiger partial charge in [0, 0.05) is 29.0 Å². The van der Waals surface area contributed by atoms with Crippen LogP contribution in [0.3, 0.4) is 0 Å². The zero-order chi connectivity index (χ0) is 13.7. The van der Waals surface area contributed by atoms with Crippen LogP contribution >= 0.6 is 11.8 Å². The molecular weight excluding hydrogens is 256 g/mol. The van der Waals surface area contributed by atoms with Crippen LogP contribution in [0.4, 0.5) is 0 Å². The van der Waals surface area contributed by atoms with Crippen molar-refractivity contribution in [1.82, 2.24) is 9.97 Å². The van der Waals surface area contributed by atoms with Crippen LogP contribution in [0.25, 0.3) is 0 Å². The molecule has 3 nitrogen and oxygen atoms in total. The van der Waals surface area contributed by atoms with Crippen molar-refractivity contribution >= 4 is 11.8 Å². The van der Waals surface area contributed by atoms with Gasteiger partial charge in [0.1, 0.15) is 5.75 Å². The highest BCUT2D eigenvalue weighted by Crippen LogP contribution is 2.35. The second-order valence-corrected chi connectivity index (χ2v) is 5.67. The minimum Gasteiger partial charge on any atom is -0.496 e. The molecule has 0 amide bonds. The van der Waals surface area contributed by atoms with Crippen LogP contribution in [0.1, 0.15) is 29.1 Å². The van der Waals surface area contributed by atoms with E-state index in [1.807, 2.05) is 49.3 Å². The molecule has 0 radical (unpaired) electrons. The summed E-state index contributed by atoms with van der Waals surface area (Å²) in [4.78, 5) is 8.63. The number of nitrogens with zero attached hydrogens (tertiary/aromatic N) is 2. The molecule has 0 N–H and O–H groups in total. The Morgan fingerprint density at radius 3 is 2.68 bits per heavy atom. The molecule has 0 unspecified atom stereocenters. The maximum Gasteiger partial charge on any atom is 0.123 e. The van der Waals surface area contributed by atoms with Crippen molar-refractivity contribution in [2.75, 3.05) is 7.11 Å². The van der Waals surface area contributed by atoms with E-state index in [0.717, 1.165) is 22.9 Å². The zero-order valence-corrected chi connectivity index (χ0v) is 12.3. The highest BCUT2D eigenvalue weighted by Gasteiger charge is 2.11. The monoisotopic (exact) mass is 274 g/mol. The van der Waals surface area contributed by atoms with Gasteiger partial charge in [0.25, 0.3) is 0 Å². The van der Waals surface area contributed by atoms with E-state index in [4.69, 9.17) is 4.74 Å². The molecule has 1 atom stereocenters. The van der Waals surface area contributed by atoms with E-state index < -0.39 is 0 Å². The third-order valence-corrected chi connectivity index (χ3v) is 4.11. The number of thioether (sulfide) groups is 1. The fourth-order valence-corrected chi connectivity index (χ4v) is 2.74. The topological polar surface area (TPSA) is 35.0 Å². The minimum atomic E-state index is 0.360. The molecule has 0 spiro atoms. The zero-order valence-electron chi connectivity index (χ0n) is 11.5. The second-order valence-electron chi connectivity index (χ2n) is 4.34. The Hall–Kier alpha value is -1.55. The molecule has 0 aliphatic heterocycles. The fourth-order valence-electron chi connectivity index (χ4n) is 1.80. The first-order valence-corrected chi connectivity index (χ1v) is 7.27. The molecule has 1 aromatic heterocycles. The Morgan fingerprint density at radius 2 is 2.00 bits per heavy atom. The Morgan fingerprint density at radius 1 is 1.21 bits per heavy atom. The van der Waals surface area contributed by atoms with Crippen molar-refractivity contribution in [3.63, 3.8) is 0 Å². The van der Waals surface area contributed by atoms with Crippen LogP contribution in [0, 0.1) is 6.92 Å². The summed E-state index contributed by atoms with van der Waals surface area (Å²) in [6, 6.07) is 8.14. The first-order chi connectivity index (χ1) is 9.20. The number of rotatable bonds is 5. The van der Waals surface area contributed by atoms with Gasteiger partial charge in [0.05, 0.1) is 18.5 Å². The lowest BCUT2D eigenvalue weighted by Gasteiger charge is -2.14. The van der Waals surface area contributed by atoms with E-state index in [2.05, 4.69) is 23.0 Å². The molecule has 0 aliphatic carbocycles. The first kappa shape index (κ1) is 13.9. The number of ether oxygens (including phenoxy) is 1. The van der Waals surface area contributed by atoms with Crippen LogP contribution in [0.2, 0.25) is 0 Å². The number of hydrogen-bond donors (Lipinski definition) is 0. The lowest BCUT2D eigenvalue weighted by molar-refractivity contribution is 0.410. The molecule has 0 aliphatic rings. The summed E-state index contributed by atoms with van der Waals surface area (Å²) in [5.41, 5.74) is 3.18. The molecule has 0 fully saturated rings. The lowest BCUT2D eigenvalue weighted by atomic mass is 10.1. The highest BCUT2D eigenvalue weighted by molar-refractivity contribution is 7.98. The van der Waals surface area contributed by atoms with Crippen molar-refractivity contribution in [3.05, 3.63) is 53.6 Å². The normalized spacial score (nSPS) is 12.2. The van der Waals surface area contributed by atoms with Crippen molar-refractivity contribution in [3.8, 4) is 5.75 Å². The average Bonchev–Trinajstić information content (AvgIpc) is 2.46. The largest absolute Gasteiger partial charge is 0.496 e. The molecule has 0 saturated heterocycles. The van der Waals surface area contributed by atoms with Gasteiger partial charge in [-0.1, -0.05) is 18.2 Å². The van der Waals surface area contributed by atoms with Gasteiger partial charge < -0.3 is 4.74 Å². The molecule has 2 rings (SSSR count). The summed E-state index contributed by atoms with van der Waals surface area (Å²) in [6.45, 7) is 4.13. The van der Waals surface area contributed by atoms with E-state index in [1.165, 1.54) is 5.56 Å². The fraction of sp³-hybridized carbons (Fsp3) is 0.333. The highest BCUT2D eigenvalue weighted by atomic mass is 32.2. The summed E-state index contributed by atoms with van der Waals surface area (Å²) in [5, 5.41) is 0.360.